The monoisotopic (exact) mass is 241 g/mol. The van der Waals surface area contributed by atoms with E-state index in [0.717, 1.165) is 18.4 Å². The molecule has 1 aromatic heterocycles. The maximum Gasteiger partial charge on any atom is 0.132 e. The van der Waals surface area contributed by atoms with Crippen LogP contribution in [-0.4, -0.2) is 4.98 Å². The van der Waals surface area contributed by atoms with Crippen LogP contribution in [0, 0.1) is 5.82 Å². The van der Waals surface area contributed by atoms with Gasteiger partial charge in [-0.25, -0.2) is 4.39 Å². The molecule has 0 aliphatic heterocycles. The Balaban J connectivity index is 2.20. The Morgan fingerprint density at radius 2 is 2.00 bits per heavy atom. The Bertz CT molecular complexity index is 529. The third-order valence-corrected chi connectivity index (χ3v) is 2.70. The van der Waals surface area contributed by atoms with Gasteiger partial charge in [0.25, 0.3) is 0 Å². The molecular weight excluding hydrogens is 225 g/mol. The number of allylic oxidation sites excluding steroid dienone is 1. The molecule has 2 heteroatoms. The zero-order valence-electron chi connectivity index (χ0n) is 10.4. The molecule has 0 fully saturated rings. The Labute approximate surface area is 107 Å². The molecule has 0 amide bonds. The first-order chi connectivity index (χ1) is 8.81. The quantitative estimate of drug-likeness (QED) is 0.756. The third-order valence-electron chi connectivity index (χ3n) is 2.70. The van der Waals surface area contributed by atoms with E-state index in [0.29, 0.717) is 11.3 Å². The van der Waals surface area contributed by atoms with Gasteiger partial charge in [0.05, 0.1) is 5.69 Å². The van der Waals surface area contributed by atoms with E-state index in [2.05, 4.69) is 18.0 Å². The third kappa shape index (κ3) is 3.04. The molecule has 1 heterocycles. The van der Waals surface area contributed by atoms with Crippen LogP contribution < -0.4 is 0 Å². The summed E-state index contributed by atoms with van der Waals surface area (Å²) in [6, 6.07) is 10.5. The van der Waals surface area contributed by atoms with Crippen LogP contribution in [0.5, 0.6) is 0 Å². The fraction of sp³-hybridized carbons (Fsp3) is 0.188. The van der Waals surface area contributed by atoms with Crippen LogP contribution in [0.25, 0.3) is 17.3 Å². The molecule has 0 unspecified atom stereocenters. The van der Waals surface area contributed by atoms with Gasteiger partial charge in [-0.05, 0) is 30.2 Å². The number of aromatic nitrogens is 1. The highest BCUT2D eigenvalue weighted by Gasteiger charge is 2.04. The van der Waals surface area contributed by atoms with Crippen molar-refractivity contribution in [3.05, 3.63) is 60.1 Å². The van der Waals surface area contributed by atoms with Crippen LogP contribution in [0.15, 0.2) is 48.7 Å². The molecule has 0 saturated carbocycles. The zero-order valence-corrected chi connectivity index (χ0v) is 10.4. The topological polar surface area (TPSA) is 12.9 Å². The Morgan fingerprint density at radius 3 is 2.67 bits per heavy atom. The molecule has 0 bridgehead atoms. The van der Waals surface area contributed by atoms with Crippen molar-refractivity contribution in [3.8, 4) is 11.3 Å². The largest absolute Gasteiger partial charge is 0.256 e. The minimum Gasteiger partial charge on any atom is -0.256 e. The second kappa shape index (κ2) is 6.10. The van der Waals surface area contributed by atoms with Crippen LogP contribution >= 0.6 is 0 Å². The summed E-state index contributed by atoms with van der Waals surface area (Å²) < 4.78 is 13.6. The van der Waals surface area contributed by atoms with Crippen molar-refractivity contribution in [2.75, 3.05) is 0 Å². The number of pyridine rings is 1. The van der Waals surface area contributed by atoms with Crippen molar-refractivity contribution in [2.24, 2.45) is 0 Å². The number of hydrogen-bond donors (Lipinski definition) is 0. The van der Waals surface area contributed by atoms with E-state index in [-0.39, 0.29) is 5.82 Å². The van der Waals surface area contributed by atoms with E-state index >= 15 is 0 Å². The number of halogens is 1. The summed E-state index contributed by atoms with van der Waals surface area (Å²) in [6.07, 6.45) is 8.14. The van der Waals surface area contributed by atoms with Crippen molar-refractivity contribution in [1.82, 2.24) is 4.98 Å². The molecule has 0 N–H and O–H groups in total. The van der Waals surface area contributed by atoms with Crippen LogP contribution in [0.4, 0.5) is 4.39 Å². The van der Waals surface area contributed by atoms with Crippen LogP contribution in [-0.2, 0) is 0 Å². The average Bonchev–Trinajstić information content (AvgIpc) is 2.41. The van der Waals surface area contributed by atoms with Crippen molar-refractivity contribution < 1.29 is 4.39 Å². The summed E-state index contributed by atoms with van der Waals surface area (Å²) in [6.45, 7) is 2.14. The summed E-state index contributed by atoms with van der Waals surface area (Å²) in [7, 11) is 0. The molecule has 2 aromatic rings. The lowest BCUT2D eigenvalue weighted by Crippen LogP contribution is -1.87. The second-order valence-electron chi connectivity index (χ2n) is 4.15. The standard InChI is InChI=1S/C16H16FN/c1-2-3-4-7-13-10-11-16(18-12-13)14-8-5-6-9-15(14)17/h4-12H,2-3H2,1H3/b7-4+. The minimum atomic E-state index is -0.237. The van der Waals surface area contributed by atoms with Gasteiger partial charge in [-0.15, -0.1) is 0 Å². The molecule has 0 spiro atoms. The number of nitrogens with zero attached hydrogens (tertiary/aromatic N) is 1. The smallest absolute Gasteiger partial charge is 0.132 e. The van der Waals surface area contributed by atoms with Gasteiger partial charge in [0, 0.05) is 11.8 Å². The predicted octanol–water partition coefficient (Wildman–Crippen LogP) is 4.70. The number of hydrogen-bond acceptors (Lipinski definition) is 1. The van der Waals surface area contributed by atoms with E-state index in [4.69, 9.17) is 0 Å². The lowest BCUT2D eigenvalue weighted by Gasteiger charge is -2.02. The van der Waals surface area contributed by atoms with Crippen LogP contribution in [0.2, 0.25) is 0 Å². The first-order valence-electron chi connectivity index (χ1n) is 6.18. The van der Waals surface area contributed by atoms with E-state index in [1.807, 2.05) is 24.3 Å². The number of benzene rings is 1. The van der Waals surface area contributed by atoms with E-state index in [1.165, 1.54) is 6.07 Å². The highest BCUT2D eigenvalue weighted by Crippen LogP contribution is 2.20. The molecule has 0 aliphatic carbocycles. The Kier molecular flexibility index (Phi) is 4.24. The van der Waals surface area contributed by atoms with Gasteiger partial charge < -0.3 is 0 Å². The SMILES string of the molecule is CCC/C=C/c1ccc(-c2ccccc2F)nc1. The van der Waals surface area contributed by atoms with Crippen molar-refractivity contribution in [1.29, 1.82) is 0 Å². The van der Waals surface area contributed by atoms with Crippen molar-refractivity contribution in [3.63, 3.8) is 0 Å². The van der Waals surface area contributed by atoms with Gasteiger partial charge in [0.2, 0.25) is 0 Å². The van der Waals surface area contributed by atoms with Crippen molar-refractivity contribution >= 4 is 6.08 Å². The summed E-state index contributed by atoms with van der Waals surface area (Å²) >= 11 is 0. The van der Waals surface area contributed by atoms with Gasteiger partial charge >= 0.3 is 0 Å². The van der Waals surface area contributed by atoms with Gasteiger partial charge in [-0.1, -0.05) is 43.7 Å². The molecule has 0 radical (unpaired) electrons. The van der Waals surface area contributed by atoms with Gasteiger partial charge in [-0.2, -0.15) is 0 Å². The summed E-state index contributed by atoms with van der Waals surface area (Å²) in [4.78, 5) is 4.30. The van der Waals surface area contributed by atoms with E-state index in [1.54, 1.807) is 18.3 Å². The highest BCUT2D eigenvalue weighted by molar-refractivity contribution is 5.61. The molecule has 0 aliphatic rings. The number of unbranched alkanes of at least 4 members (excludes halogenated alkanes) is 1. The minimum absolute atomic E-state index is 0.237. The lowest BCUT2D eigenvalue weighted by atomic mass is 10.1. The maximum absolute atomic E-state index is 13.6. The molecule has 1 nitrogen and oxygen atoms in total. The second-order valence-corrected chi connectivity index (χ2v) is 4.15. The Morgan fingerprint density at radius 1 is 1.17 bits per heavy atom. The first kappa shape index (κ1) is 12.5. The molecule has 92 valence electrons. The molecule has 1 aromatic carbocycles. The normalized spacial score (nSPS) is 11.0. The van der Waals surface area contributed by atoms with Gasteiger partial charge in [-0.3, -0.25) is 4.98 Å². The Hall–Kier alpha value is -1.96. The van der Waals surface area contributed by atoms with E-state index < -0.39 is 0 Å². The summed E-state index contributed by atoms with van der Waals surface area (Å²) in [5.74, 6) is -0.237. The summed E-state index contributed by atoms with van der Waals surface area (Å²) in [5.41, 5.74) is 2.26. The van der Waals surface area contributed by atoms with E-state index in [9.17, 15) is 4.39 Å². The molecule has 2 rings (SSSR count). The fourth-order valence-electron chi connectivity index (χ4n) is 1.72. The summed E-state index contributed by atoms with van der Waals surface area (Å²) in [5, 5.41) is 0. The van der Waals surface area contributed by atoms with Crippen LogP contribution in [0.3, 0.4) is 0 Å². The number of rotatable bonds is 4. The molecule has 0 saturated heterocycles. The maximum atomic E-state index is 13.6. The highest BCUT2D eigenvalue weighted by atomic mass is 19.1. The van der Waals surface area contributed by atoms with Crippen molar-refractivity contribution in [2.45, 2.75) is 19.8 Å². The van der Waals surface area contributed by atoms with Gasteiger partial charge in [0.1, 0.15) is 5.82 Å². The van der Waals surface area contributed by atoms with Gasteiger partial charge in [0.15, 0.2) is 0 Å². The predicted molar refractivity (Wildman–Crippen MR) is 73.6 cm³/mol. The lowest BCUT2D eigenvalue weighted by molar-refractivity contribution is 0.630. The molecule has 18 heavy (non-hydrogen) atoms. The zero-order chi connectivity index (χ0) is 12.8. The molecule has 0 atom stereocenters. The molecular formula is C16H16FN. The average molecular weight is 241 g/mol. The fourth-order valence-corrected chi connectivity index (χ4v) is 1.72. The van der Waals surface area contributed by atoms with Crippen LogP contribution in [0.1, 0.15) is 25.3 Å². The first-order valence-corrected chi connectivity index (χ1v) is 6.18.